The second-order valence-electron chi connectivity index (χ2n) is 12.9. The number of hydrogen-bond acceptors (Lipinski definition) is 7. The molecule has 10 nitrogen and oxygen atoms in total. The molecule has 2 heterocycles. The van der Waals surface area contributed by atoms with Crippen LogP contribution in [-0.2, 0) is 20.5 Å². The maximum absolute atomic E-state index is 13.3. The number of benzene rings is 1. The van der Waals surface area contributed by atoms with Crippen molar-refractivity contribution in [2.45, 2.75) is 96.9 Å². The van der Waals surface area contributed by atoms with E-state index in [4.69, 9.17) is 13.9 Å². The minimum Gasteiger partial charge on any atom is -0.445 e. The number of amides is 2. The van der Waals surface area contributed by atoms with Crippen LogP contribution < -0.4 is 0 Å². The summed E-state index contributed by atoms with van der Waals surface area (Å²) >= 11 is 0. The number of nitrogens with zero attached hydrogens (tertiary/aromatic N) is 3. The van der Waals surface area contributed by atoms with Crippen molar-refractivity contribution in [2.24, 2.45) is 5.92 Å². The molecule has 2 fully saturated rings. The van der Waals surface area contributed by atoms with Gasteiger partial charge < -0.3 is 23.7 Å². The van der Waals surface area contributed by atoms with Gasteiger partial charge in [0, 0.05) is 37.8 Å². The molecule has 0 spiro atoms. The predicted octanol–water partition coefficient (Wildman–Crippen LogP) is 5.95. The molecule has 0 saturated carbocycles. The van der Waals surface area contributed by atoms with Crippen LogP contribution in [0.15, 0.2) is 24.3 Å². The summed E-state index contributed by atoms with van der Waals surface area (Å²) in [5, 5.41) is 10.9. The summed E-state index contributed by atoms with van der Waals surface area (Å²) in [5.74, 6) is 0.0856. The highest BCUT2D eigenvalue weighted by Gasteiger charge is 2.47. The van der Waals surface area contributed by atoms with Crippen molar-refractivity contribution in [3.05, 3.63) is 39.9 Å². The minimum absolute atomic E-state index is 0.0129. The molecule has 3 rings (SSSR count). The van der Waals surface area contributed by atoms with Gasteiger partial charge in [-0.15, -0.1) is 0 Å². The van der Waals surface area contributed by atoms with Gasteiger partial charge in [-0.25, -0.2) is 9.59 Å². The second-order valence-corrected chi connectivity index (χ2v) is 17.7. The Hall–Kier alpha value is -2.66. The number of non-ortho nitro benzene ring substituents is 1. The van der Waals surface area contributed by atoms with Gasteiger partial charge in [0.05, 0.1) is 11.0 Å². The van der Waals surface area contributed by atoms with E-state index in [1.54, 1.807) is 21.9 Å². The van der Waals surface area contributed by atoms with Gasteiger partial charge in [-0.3, -0.25) is 10.1 Å². The quantitative estimate of drug-likeness (QED) is 0.245. The average Bonchev–Trinajstić information content (AvgIpc) is 3.43. The van der Waals surface area contributed by atoms with Crippen LogP contribution in [0.5, 0.6) is 0 Å². The normalized spacial score (nSPS) is 22.5. The first-order valence-corrected chi connectivity index (χ1v) is 16.2. The van der Waals surface area contributed by atoms with Crippen LogP contribution in [0, 0.1) is 16.0 Å². The molecule has 38 heavy (non-hydrogen) atoms. The molecule has 0 aliphatic carbocycles. The van der Waals surface area contributed by atoms with Crippen molar-refractivity contribution in [2.75, 3.05) is 19.6 Å². The SMILES string of the molecule is CC(C)(C)OC(=O)N1CCC([C@@H]2C[C@@H](O[Si](C)(C)C(C)(C)C)CN2C(=O)OCc2ccc([N+](=O)[O-])cc2)C1. The number of nitro groups is 1. The molecule has 2 saturated heterocycles. The number of carbonyl (C=O) groups is 2. The van der Waals surface area contributed by atoms with Crippen molar-refractivity contribution in [1.82, 2.24) is 9.80 Å². The van der Waals surface area contributed by atoms with Crippen LogP contribution in [0.4, 0.5) is 15.3 Å². The van der Waals surface area contributed by atoms with Crippen LogP contribution in [0.1, 0.15) is 59.9 Å². The van der Waals surface area contributed by atoms with Gasteiger partial charge >= 0.3 is 12.2 Å². The van der Waals surface area contributed by atoms with E-state index in [9.17, 15) is 19.7 Å². The average molecular weight is 550 g/mol. The first-order valence-electron chi connectivity index (χ1n) is 13.3. The molecule has 0 N–H and O–H groups in total. The number of ether oxygens (including phenoxy) is 2. The molecule has 212 valence electrons. The fourth-order valence-corrected chi connectivity index (χ4v) is 6.05. The van der Waals surface area contributed by atoms with E-state index in [-0.39, 0.29) is 41.5 Å². The van der Waals surface area contributed by atoms with Crippen molar-refractivity contribution in [3.8, 4) is 0 Å². The van der Waals surface area contributed by atoms with Crippen LogP contribution in [0.25, 0.3) is 0 Å². The van der Waals surface area contributed by atoms with Crippen LogP contribution in [0.2, 0.25) is 18.1 Å². The number of likely N-dealkylation sites (tertiary alicyclic amines) is 2. The third-order valence-corrected chi connectivity index (χ3v) is 12.3. The Kier molecular flexibility index (Phi) is 8.82. The van der Waals surface area contributed by atoms with Crippen LogP contribution in [-0.4, -0.2) is 72.6 Å². The zero-order valence-corrected chi connectivity index (χ0v) is 25.0. The molecule has 2 aliphatic rings. The summed E-state index contributed by atoms with van der Waals surface area (Å²) in [5.41, 5.74) is 0.0880. The van der Waals surface area contributed by atoms with Crippen LogP contribution in [0.3, 0.4) is 0 Å². The summed E-state index contributed by atoms with van der Waals surface area (Å²) in [7, 11) is -2.07. The number of nitro benzene ring substituents is 1. The largest absolute Gasteiger partial charge is 0.445 e. The maximum atomic E-state index is 13.3. The van der Waals surface area contributed by atoms with Gasteiger partial charge in [0.1, 0.15) is 12.2 Å². The van der Waals surface area contributed by atoms with E-state index < -0.39 is 24.9 Å². The zero-order valence-electron chi connectivity index (χ0n) is 24.0. The Morgan fingerprint density at radius 3 is 2.24 bits per heavy atom. The molecular weight excluding hydrogens is 506 g/mol. The number of carbonyl (C=O) groups excluding carboxylic acids is 2. The Bertz CT molecular complexity index is 1020. The van der Waals surface area contributed by atoms with Gasteiger partial charge in [-0.05, 0) is 75.4 Å². The van der Waals surface area contributed by atoms with Gasteiger partial charge in [-0.2, -0.15) is 0 Å². The van der Waals surface area contributed by atoms with E-state index in [1.807, 2.05) is 20.8 Å². The minimum atomic E-state index is -2.07. The van der Waals surface area contributed by atoms with Gasteiger partial charge in [0.25, 0.3) is 5.69 Å². The molecule has 1 aromatic carbocycles. The summed E-state index contributed by atoms with van der Waals surface area (Å²) in [4.78, 5) is 39.9. The third kappa shape index (κ3) is 7.46. The molecule has 1 unspecified atom stereocenters. The lowest BCUT2D eigenvalue weighted by atomic mass is 9.96. The fourth-order valence-electron chi connectivity index (χ4n) is 4.70. The van der Waals surface area contributed by atoms with Crippen LogP contribution >= 0.6 is 0 Å². The van der Waals surface area contributed by atoms with E-state index in [0.29, 0.717) is 31.6 Å². The lowest BCUT2D eigenvalue weighted by Gasteiger charge is -2.38. The summed E-state index contributed by atoms with van der Waals surface area (Å²) in [6.07, 6.45) is 0.572. The van der Waals surface area contributed by atoms with E-state index >= 15 is 0 Å². The molecular formula is C27H43N3O7Si. The first-order chi connectivity index (χ1) is 17.5. The molecule has 3 atom stereocenters. The molecule has 0 bridgehead atoms. The smallest absolute Gasteiger partial charge is 0.410 e. The second kappa shape index (κ2) is 11.2. The standard InChI is InChI=1S/C27H43N3O7Si/c1-26(2,3)36-24(31)28-14-13-20(16-28)23-15-22(37-38(7,8)27(4,5)6)17-29(23)25(32)35-18-19-9-11-21(12-10-19)30(33)34/h9-12,20,22-23H,13-18H2,1-8H3/t20?,22-,23+/m1/s1. The van der Waals surface area contributed by atoms with Crippen molar-refractivity contribution in [3.63, 3.8) is 0 Å². The Labute approximate surface area is 226 Å². The highest BCUT2D eigenvalue weighted by molar-refractivity contribution is 6.74. The lowest BCUT2D eigenvalue weighted by molar-refractivity contribution is -0.384. The van der Waals surface area contributed by atoms with Gasteiger partial charge in [0.2, 0.25) is 0 Å². The van der Waals surface area contributed by atoms with Gasteiger partial charge in [0.15, 0.2) is 8.32 Å². The van der Waals surface area contributed by atoms with Crippen molar-refractivity contribution < 1.29 is 28.4 Å². The highest BCUT2D eigenvalue weighted by Crippen LogP contribution is 2.40. The molecule has 0 radical (unpaired) electrons. The fraction of sp³-hybridized carbons (Fsp3) is 0.704. The summed E-state index contributed by atoms with van der Waals surface area (Å²) in [6, 6.07) is 5.85. The number of hydrogen-bond donors (Lipinski definition) is 0. The summed E-state index contributed by atoms with van der Waals surface area (Å²) < 4.78 is 17.9. The topological polar surface area (TPSA) is 111 Å². The monoisotopic (exact) mass is 549 g/mol. The molecule has 2 aliphatic heterocycles. The Morgan fingerprint density at radius 2 is 1.68 bits per heavy atom. The lowest BCUT2D eigenvalue weighted by Crippen LogP contribution is -2.45. The highest BCUT2D eigenvalue weighted by atomic mass is 28.4. The van der Waals surface area contributed by atoms with Gasteiger partial charge in [-0.1, -0.05) is 20.8 Å². The van der Waals surface area contributed by atoms with E-state index in [1.165, 1.54) is 12.1 Å². The number of rotatable bonds is 6. The summed E-state index contributed by atoms with van der Waals surface area (Å²) in [6.45, 7) is 18.1. The predicted molar refractivity (Wildman–Crippen MR) is 146 cm³/mol. The molecule has 1 aromatic rings. The van der Waals surface area contributed by atoms with E-state index in [0.717, 1.165) is 6.42 Å². The molecule has 0 aromatic heterocycles. The third-order valence-electron chi connectivity index (χ3n) is 7.74. The Morgan fingerprint density at radius 1 is 1.05 bits per heavy atom. The zero-order chi connectivity index (χ0) is 28.5. The Balaban J connectivity index is 1.72. The van der Waals surface area contributed by atoms with Crippen molar-refractivity contribution in [1.29, 1.82) is 0 Å². The maximum Gasteiger partial charge on any atom is 0.410 e. The van der Waals surface area contributed by atoms with E-state index in [2.05, 4.69) is 33.9 Å². The molecule has 2 amide bonds. The molecule has 11 heteroatoms. The van der Waals surface area contributed by atoms with Crippen molar-refractivity contribution >= 4 is 26.2 Å². The first kappa shape index (κ1) is 29.9.